The lowest BCUT2D eigenvalue weighted by atomic mass is 10.1. The Labute approximate surface area is 115 Å². The number of anilines is 1. The van der Waals surface area contributed by atoms with E-state index in [4.69, 9.17) is 5.73 Å². The monoisotopic (exact) mass is 255 g/mol. The molecule has 3 heteroatoms. The smallest absolute Gasteiger partial charge is 0.0547 e. The highest BCUT2D eigenvalue weighted by Gasteiger charge is 2.12. The molecule has 0 saturated heterocycles. The summed E-state index contributed by atoms with van der Waals surface area (Å²) in [5.74, 6) is 0. The van der Waals surface area contributed by atoms with Gasteiger partial charge in [0.05, 0.1) is 5.69 Å². The zero-order chi connectivity index (χ0) is 13.8. The summed E-state index contributed by atoms with van der Waals surface area (Å²) in [5.41, 5.74) is 10.0. The molecule has 0 aliphatic rings. The van der Waals surface area contributed by atoms with E-state index in [1.54, 1.807) is 0 Å². The van der Waals surface area contributed by atoms with Gasteiger partial charge in [-0.1, -0.05) is 18.2 Å². The van der Waals surface area contributed by atoms with Crippen molar-refractivity contribution in [1.29, 1.82) is 0 Å². The number of nitrogens with zero attached hydrogens (tertiary/aromatic N) is 2. The molecule has 1 atom stereocenters. The first-order valence-corrected chi connectivity index (χ1v) is 6.54. The summed E-state index contributed by atoms with van der Waals surface area (Å²) in [6.07, 6.45) is 0. The highest BCUT2D eigenvalue weighted by molar-refractivity contribution is 5.41. The molecule has 3 nitrogen and oxygen atoms in total. The molecule has 1 heterocycles. The third-order valence-corrected chi connectivity index (χ3v) is 3.41. The molecule has 100 valence electrons. The van der Waals surface area contributed by atoms with Crippen LogP contribution >= 0.6 is 0 Å². The quantitative estimate of drug-likeness (QED) is 0.853. The van der Waals surface area contributed by atoms with E-state index in [2.05, 4.69) is 42.1 Å². The molecular weight excluding hydrogens is 234 g/mol. The molecule has 1 aromatic carbocycles. The average molecular weight is 255 g/mol. The van der Waals surface area contributed by atoms with Crippen molar-refractivity contribution in [3.63, 3.8) is 0 Å². The Morgan fingerprint density at radius 1 is 1.21 bits per heavy atom. The fourth-order valence-corrected chi connectivity index (χ4v) is 2.15. The number of aryl methyl sites for hydroxylation is 1. The van der Waals surface area contributed by atoms with E-state index < -0.39 is 0 Å². The van der Waals surface area contributed by atoms with Crippen molar-refractivity contribution in [2.24, 2.45) is 0 Å². The van der Waals surface area contributed by atoms with Crippen molar-refractivity contribution in [2.75, 3.05) is 12.8 Å². The van der Waals surface area contributed by atoms with Gasteiger partial charge >= 0.3 is 0 Å². The number of aromatic nitrogens is 1. The summed E-state index contributed by atoms with van der Waals surface area (Å²) >= 11 is 0. The summed E-state index contributed by atoms with van der Waals surface area (Å²) < 4.78 is 0. The number of pyridine rings is 1. The van der Waals surface area contributed by atoms with Crippen molar-refractivity contribution in [1.82, 2.24) is 9.88 Å². The van der Waals surface area contributed by atoms with Crippen LogP contribution in [0, 0.1) is 6.92 Å². The third kappa shape index (κ3) is 3.55. The maximum atomic E-state index is 5.84. The molecule has 1 unspecified atom stereocenters. The number of nitrogens with two attached hydrogens (primary N) is 1. The van der Waals surface area contributed by atoms with Crippen LogP contribution in [0.2, 0.25) is 0 Å². The van der Waals surface area contributed by atoms with Gasteiger partial charge in [0.2, 0.25) is 0 Å². The second-order valence-corrected chi connectivity index (χ2v) is 5.03. The average Bonchev–Trinajstić information content (AvgIpc) is 2.38. The number of benzene rings is 1. The summed E-state index contributed by atoms with van der Waals surface area (Å²) in [4.78, 5) is 6.81. The van der Waals surface area contributed by atoms with Gasteiger partial charge in [-0.2, -0.15) is 0 Å². The number of rotatable bonds is 4. The minimum atomic E-state index is 0.311. The van der Waals surface area contributed by atoms with Crippen LogP contribution in [-0.4, -0.2) is 16.9 Å². The topological polar surface area (TPSA) is 42.1 Å². The van der Waals surface area contributed by atoms with Crippen LogP contribution in [0.5, 0.6) is 0 Å². The van der Waals surface area contributed by atoms with E-state index in [-0.39, 0.29) is 0 Å². The van der Waals surface area contributed by atoms with Gasteiger partial charge in [0, 0.05) is 24.0 Å². The zero-order valence-electron chi connectivity index (χ0n) is 11.8. The summed E-state index contributed by atoms with van der Waals surface area (Å²) in [5, 5.41) is 0. The Bertz CT molecular complexity index is 551. The largest absolute Gasteiger partial charge is 0.399 e. The van der Waals surface area contributed by atoms with Crippen molar-refractivity contribution in [3.8, 4) is 0 Å². The summed E-state index contributed by atoms with van der Waals surface area (Å²) in [7, 11) is 2.11. The Morgan fingerprint density at radius 3 is 2.63 bits per heavy atom. The second kappa shape index (κ2) is 5.85. The first-order valence-electron chi connectivity index (χ1n) is 6.54. The Hall–Kier alpha value is -1.87. The molecule has 0 radical (unpaired) electrons. The Morgan fingerprint density at radius 2 is 1.95 bits per heavy atom. The molecule has 1 aromatic heterocycles. The molecule has 0 aliphatic carbocycles. The van der Waals surface area contributed by atoms with Crippen molar-refractivity contribution in [2.45, 2.75) is 26.4 Å². The van der Waals surface area contributed by atoms with E-state index in [0.717, 1.165) is 23.6 Å². The van der Waals surface area contributed by atoms with Gasteiger partial charge in [0.25, 0.3) is 0 Å². The fourth-order valence-electron chi connectivity index (χ4n) is 2.15. The van der Waals surface area contributed by atoms with Gasteiger partial charge in [-0.3, -0.25) is 9.88 Å². The Balaban J connectivity index is 2.09. The molecule has 2 N–H and O–H groups in total. The van der Waals surface area contributed by atoms with Gasteiger partial charge in [0.1, 0.15) is 0 Å². The predicted molar refractivity (Wildman–Crippen MR) is 79.7 cm³/mol. The number of hydrogen-bond donors (Lipinski definition) is 1. The van der Waals surface area contributed by atoms with E-state index in [1.807, 2.05) is 31.2 Å². The summed E-state index contributed by atoms with van der Waals surface area (Å²) in [6, 6.07) is 14.5. The van der Waals surface area contributed by atoms with Crippen LogP contribution in [0.3, 0.4) is 0 Å². The number of hydrogen-bond acceptors (Lipinski definition) is 3. The third-order valence-electron chi connectivity index (χ3n) is 3.41. The molecule has 2 rings (SSSR count). The molecule has 0 bridgehead atoms. The van der Waals surface area contributed by atoms with E-state index in [1.165, 1.54) is 5.56 Å². The maximum absolute atomic E-state index is 5.84. The van der Waals surface area contributed by atoms with Gasteiger partial charge < -0.3 is 5.73 Å². The zero-order valence-corrected chi connectivity index (χ0v) is 11.8. The lowest BCUT2D eigenvalue weighted by Gasteiger charge is -2.25. The standard InChI is InChI=1S/C16H21N3/c1-12-6-4-9-16(18-12)11-19(3)13(2)14-7-5-8-15(17)10-14/h4-10,13H,11,17H2,1-3H3. The van der Waals surface area contributed by atoms with Crippen LogP contribution in [0.1, 0.15) is 29.9 Å². The van der Waals surface area contributed by atoms with Crippen molar-refractivity contribution < 1.29 is 0 Å². The highest BCUT2D eigenvalue weighted by Crippen LogP contribution is 2.21. The van der Waals surface area contributed by atoms with Crippen LogP contribution < -0.4 is 5.73 Å². The number of nitrogen functional groups attached to an aromatic ring is 1. The van der Waals surface area contributed by atoms with Crippen molar-refractivity contribution in [3.05, 3.63) is 59.4 Å². The molecule has 2 aromatic rings. The molecule has 0 fully saturated rings. The van der Waals surface area contributed by atoms with E-state index in [0.29, 0.717) is 6.04 Å². The minimum absolute atomic E-state index is 0.311. The lowest BCUT2D eigenvalue weighted by molar-refractivity contribution is 0.250. The van der Waals surface area contributed by atoms with Gasteiger partial charge in [0.15, 0.2) is 0 Å². The molecular formula is C16H21N3. The predicted octanol–water partition coefficient (Wildman–Crippen LogP) is 3.17. The molecule has 0 amide bonds. The molecule has 0 saturated carbocycles. The van der Waals surface area contributed by atoms with Crippen molar-refractivity contribution >= 4 is 5.69 Å². The second-order valence-electron chi connectivity index (χ2n) is 5.03. The van der Waals surface area contributed by atoms with Crippen LogP contribution in [0.15, 0.2) is 42.5 Å². The minimum Gasteiger partial charge on any atom is -0.399 e. The normalized spacial score (nSPS) is 12.6. The molecule has 19 heavy (non-hydrogen) atoms. The van der Waals surface area contributed by atoms with Gasteiger partial charge in [-0.05, 0) is 50.7 Å². The van der Waals surface area contributed by atoms with Gasteiger partial charge in [-0.15, -0.1) is 0 Å². The van der Waals surface area contributed by atoms with Crippen LogP contribution in [-0.2, 0) is 6.54 Å². The van der Waals surface area contributed by atoms with Crippen LogP contribution in [0.4, 0.5) is 5.69 Å². The van der Waals surface area contributed by atoms with E-state index in [9.17, 15) is 0 Å². The Kier molecular flexibility index (Phi) is 4.17. The fraction of sp³-hybridized carbons (Fsp3) is 0.312. The lowest BCUT2D eigenvalue weighted by Crippen LogP contribution is -2.22. The van der Waals surface area contributed by atoms with Crippen LogP contribution in [0.25, 0.3) is 0 Å². The summed E-state index contributed by atoms with van der Waals surface area (Å²) in [6.45, 7) is 5.03. The highest BCUT2D eigenvalue weighted by atomic mass is 15.1. The van der Waals surface area contributed by atoms with Gasteiger partial charge in [-0.25, -0.2) is 0 Å². The first-order chi connectivity index (χ1) is 9.06. The molecule has 0 spiro atoms. The van der Waals surface area contributed by atoms with E-state index >= 15 is 0 Å². The SMILES string of the molecule is Cc1cccc(CN(C)C(C)c2cccc(N)c2)n1. The maximum Gasteiger partial charge on any atom is 0.0547 e. The molecule has 0 aliphatic heterocycles. The first kappa shape index (κ1) is 13.6.